The van der Waals surface area contributed by atoms with Gasteiger partial charge >= 0.3 is 0 Å². The predicted molar refractivity (Wildman–Crippen MR) is 67.4 cm³/mol. The molecule has 0 amide bonds. The SMILES string of the molecule is Clc1ccc2nc(NCc3nccs3)nn2c1. The van der Waals surface area contributed by atoms with Gasteiger partial charge in [0.25, 0.3) is 0 Å². The van der Waals surface area contributed by atoms with Crippen molar-refractivity contribution in [3.8, 4) is 0 Å². The van der Waals surface area contributed by atoms with Crippen LogP contribution in [0.15, 0.2) is 29.9 Å². The van der Waals surface area contributed by atoms with E-state index in [4.69, 9.17) is 11.6 Å². The van der Waals surface area contributed by atoms with E-state index in [1.165, 1.54) is 0 Å². The number of pyridine rings is 1. The number of hydrogen-bond acceptors (Lipinski definition) is 5. The lowest BCUT2D eigenvalue weighted by molar-refractivity contribution is 0.948. The number of halogens is 1. The molecule has 0 saturated heterocycles. The van der Waals surface area contributed by atoms with Crippen molar-refractivity contribution in [1.82, 2.24) is 19.6 Å². The number of rotatable bonds is 3. The molecule has 0 atom stereocenters. The number of thiazole rings is 1. The molecule has 0 unspecified atom stereocenters. The maximum Gasteiger partial charge on any atom is 0.243 e. The van der Waals surface area contributed by atoms with Crippen LogP contribution in [-0.2, 0) is 6.54 Å². The lowest BCUT2D eigenvalue weighted by Gasteiger charge is -1.95. The van der Waals surface area contributed by atoms with E-state index in [0.717, 1.165) is 10.7 Å². The van der Waals surface area contributed by atoms with Crippen LogP contribution < -0.4 is 5.32 Å². The highest BCUT2D eigenvalue weighted by molar-refractivity contribution is 7.09. The smallest absolute Gasteiger partial charge is 0.243 e. The summed E-state index contributed by atoms with van der Waals surface area (Å²) in [6.45, 7) is 0.627. The molecule has 3 heterocycles. The number of nitrogens with zero attached hydrogens (tertiary/aromatic N) is 4. The first-order valence-corrected chi connectivity index (χ1v) is 6.21. The lowest BCUT2D eigenvalue weighted by Crippen LogP contribution is -2.00. The second-order valence-corrected chi connectivity index (χ2v) is 4.78. The van der Waals surface area contributed by atoms with Gasteiger partial charge in [0.05, 0.1) is 11.6 Å². The van der Waals surface area contributed by atoms with Crippen LogP contribution in [0, 0.1) is 0 Å². The lowest BCUT2D eigenvalue weighted by atomic mass is 10.5. The summed E-state index contributed by atoms with van der Waals surface area (Å²) in [6.07, 6.45) is 3.50. The fourth-order valence-corrected chi connectivity index (χ4v) is 2.14. The molecule has 0 aromatic carbocycles. The van der Waals surface area contributed by atoms with Crippen LogP contribution in [0.25, 0.3) is 5.65 Å². The van der Waals surface area contributed by atoms with Crippen molar-refractivity contribution in [2.75, 3.05) is 5.32 Å². The Morgan fingerprint density at radius 1 is 1.41 bits per heavy atom. The third kappa shape index (κ3) is 2.22. The van der Waals surface area contributed by atoms with Crippen molar-refractivity contribution in [3.05, 3.63) is 39.9 Å². The number of anilines is 1. The largest absolute Gasteiger partial charge is 0.346 e. The predicted octanol–water partition coefficient (Wildman–Crippen LogP) is 2.45. The normalized spacial score (nSPS) is 10.9. The number of aromatic nitrogens is 4. The third-order valence-electron chi connectivity index (χ3n) is 2.18. The van der Waals surface area contributed by atoms with Gasteiger partial charge in [-0.1, -0.05) is 11.6 Å². The fraction of sp³-hybridized carbons (Fsp3) is 0.100. The van der Waals surface area contributed by atoms with Crippen molar-refractivity contribution >= 4 is 34.5 Å². The molecule has 3 aromatic rings. The molecule has 0 fully saturated rings. The summed E-state index contributed by atoms with van der Waals surface area (Å²) >= 11 is 7.46. The Morgan fingerprint density at radius 3 is 3.18 bits per heavy atom. The van der Waals surface area contributed by atoms with Gasteiger partial charge in [0.2, 0.25) is 5.95 Å². The molecule has 0 spiro atoms. The molecule has 5 nitrogen and oxygen atoms in total. The molecule has 1 N–H and O–H groups in total. The van der Waals surface area contributed by atoms with E-state index >= 15 is 0 Å². The summed E-state index contributed by atoms with van der Waals surface area (Å²) in [6, 6.07) is 3.61. The average molecular weight is 266 g/mol. The highest BCUT2D eigenvalue weighted by Crippen LogP contribution is 2.12. The van der Waals surface area contributed by atoms with E-state index < -0.39 is 0 Å². The van der Waals surface area contributed by atoms with Gasteiger partial charge in [-0.25, -0.2) is 9.50 Å². The molecular formula is C10H8ClN5S. The molecule has 0 bridgehead atoms. The molecule has 3 aromatic heterocycles. The van der Waals surface area contributed by atoms with Crippen LogP contribution in [0.3, 0.4) is 0 Å². The zero-order valence-electron chi connectivity index (χ0n) is 8.67. The van der Waals surface area contributed by atoms with Crippen molar-refractivity contribution in [3.63, 3.8) is 0 Å². The maximum absolute atomic E-state index is 5.87. The fourth-order valence-electron chi connectivity index (χ4n) is 1.43. The minimum atomic E-state index is 0.572. The van der Waals surface area contributed by atoms with Gasteiger partial charge in [0, 0.05) is 17.8 Å². The summed E-state index contributed by atoms with van der Waals surface area (Å²) in [5.74, 6) is 0.572. The van der Waals surface area contributed by atoms with E-state index in [9.17, 15) is 0 Å². The zero-order chi connectivity index (χ0) is 11.7. The van der Waals surface area contributed by atoms with Crippen molar-refractivity contribution in [2.45, 2.75) is 6.54 Å². The number of fused-ring (bicyclic) bond motifs is 1. The van der Waals surface area contributed by atoms with Crippen LogP contribution in [0.2, 0.25) is 5.02 Å². The molecule has 3 rings (SSSR count). The van der Waals surface area contributed by atoms with Crippen molar-refractivity contribution < 1.29 is 0 Å². The Balaban J connectivity index is 1.81. The van der Waals surface area contributed by atoms with Crippen molar-refractivity contribution in [1.29, 1.82) is 0 Å². The highest BCUT2D eigenvalue weighted by atomic mass is 35.5. The van der Waals surface area contributed by atoms with Crippen LogP contribution in [-0.4, -0.2) is 19.6 Å². The molecule has 0 saturated carbocycles. The first kappa shape index (κ1) is 10.5. The Morgan fingerprint density at radius 2 is 2.35 bits per heavy atom. The van der Waals surface area contributed by atoms with Crippen LogP contribution >= 0.6 is 22.9 Å². The molecular weight excluding hydrogens is 258 g/mol. The Labute approximate surface area is 106 Å². The number of hydrogen-bond donors (Lipinski definition) is 1. The summed E-state index contributed by atoms with van der Waals surface area (Å²) in [5.41, 5.74) is 0.760. The minimum Gasteiger partial charge on any atom is -0.346 e. The first-order chi connectivity index (χ1) is 8.31. The molecule has 86 valence electrons. The van der Waals surface area contributed by atoms with Crippen LogP contribution in [0.4, 0.5) is 5.95 Å². The second-order valence-electron chi connectivity index (χ2n) is 3.36. The van der Waals surface area contributed by atoms with Gasteiger partial charge in [0.15, 0.2) is 5.65 Å². The summed E-state index contributed by atoms with van der Waals surface area (Å²) in [4.78, 5) is 8.48. The quantitative estimate of drug-likeness (QED) is 0.790. The molecule has 0 aliphatic heterocycles. The van der Waals surface area contributed by atoms with Crippen molar-refractivity contribution in [2.24, 2.45) is 0 Å². The molecule has 17 heavy (non-hydrogen) atoms. The minimum absolute atomic E-state index is 0.572. The van der Waals surface area contributed by atoms with Crippen LogP contribution in [0.1, 0.15) is 5.01 Å². The molecule has 7 heteroatoms. The van der Waals surface area contributed by atoms with Crippen LogP contribution in [0.5, 0.6) is 0 Å². The third-order valence-corrected chi connectivity index (χ3v) is 3.18. The van der Waals surface area contributed by atoms with Gasteiger partial charge in [-0.05, 0) is 12.1 Å². The first-order valence-electron chi connectivity index (χ1n) is 4.95. The van der Waals surface area contributed by atoms with E-state index in [2.05, 4.69) is 20.4 Å². The molecule has 0 aliphatic rings. The summed E-state index contributed by atoms with van der Waals surface area (Å²) in [7, 11) is 0. The monoisotopic (exact) mass is 265 g/mol. The maximum atomic E-state index is 5.87. The van der Waals surface area contributed by atoms with Gasteiger partial charge in [-0.15, -0.1) is 16.4 Å². The Bertz CT molecular complexity index is 633. The van der Waals surface area contributed by atoms with Gasteiger partial charge in [-0.3, -0.25) is 0 Å². The zero-order valence-corrected chi connectivity index (χ0v) is 10.2. The van der Waals surface area contributed by atoms with Gasteiger partial charge < -0.3 is 5.32 Å². The average Bonchev–Trinajstić information content (AvgIpc) is 2.94. The molecule has 0 radical (unpaired) electrons. The second kappa shape index (κ2) is 4.31. The Hall–Kier alpha value is -1.66. The molecule has 0 aliphatic carbocycles. The number of nitrogens with one attached hydrogen (secondary N) is 1. The highest BCUT2D eigenvalue weighted by Gasteiger charge is 2.03. The topological polar surface area (TPSA) is 55.1 Å². The van der Waals surface area contributed by atoms with Gasteiger partial charge in [-0.2, -0.15) is 4.98 Å². The van der Waals surface area contributed by atoms with E-state index in [1.54, 1.807) is 34.3 Å². The van der Waals surface area contributed by atoms with Gasteiger partial charge in [0.1, 0.15) is 5.01 Å². The summed E-state index contributed by atoms with van der Waals surface area (Å²) < 4.78 is 1.65. The Kier molecular flexibility index (Phi) is 2.66. The van der Waals surface area contributed by atoms with E-state index in [1.807, 2.05) is 11.4 Å². The summed E-state index contributed by atoms with van der Waals surface area (Å²) in [5, 5.41) is 11.0. The van der Waals surface area contributed by atoms with E-state index in [-0.39, 0.29) is 0 Å². The van der Waals surface area contributed by atoms with E-state index in [0.29, 0.717) is 17.5 Å². The standard InChI is InChI=1S/C10H8ClN5S/c11-7-1-2-8-14-10(15-16(8)6-7)13-5-9-12-3-4-17-9/h1-4,6H,5H2,(H,13,15).